The summed E-state index contributed by atoms with van der Waals surface area (Å²) in [6.07, 6.45) is 0. The Morgan fingerprint density at radius 2 is 1.68 bits per heavy atom. The molecule has 3 heterocycles. The van der Waals surface area contributed by atoms with E-state index in [4.69, 9.17) is 9.47 Å². The number of pyridine rings is 1. The molecule has 3 aromatic rings. The molecule has 0 aliphatic carbocycles. The molecule has 2 fully saturated rings. The number of carbonyl (C=O) groups excluding carboxylic acids is 2. The molecule has 2 aliphatic rings. The van der Waals surface area contributed by atoms with Gasteiger partial charge in [-0.1, -0.05) is 30.3 Å². The third kappa shape index (κ3) is 6.00. The van der Waals surface area contributed by atoms with Crippen LogP contribution >= 0.6 is 0 Å². The minimum Gasteiger partial charge on any atom is -0.492 e. The highest BCUT2D eigenvalue weighted by Gasteiger charge is 2.21. The van der Waals surface area contributed by atoms with Gasteiger partial charge in [0.1, 0.15) is 23.9 Å². The quantitative estimate of drug-likeness (QED) is 0.531. The number of rotatable bonds is 7. The van der Waals surface area contributed by atoms with E-state index in [-0.39, 0.29) is 11.8 Å². The van der Waals surface area contributed by atoms with Crippen LogP contribution < -0.4 is 15.0 Å². The lowest BCUT2D eigenvalue weighted by molar-refractivity contribution is -0.129. The van der Waals surface area contributed by atoms with Gasteiger partial charge in [-0.2, -0.15) is 0 Å². The van der Waals surface area contributed by atoms with Crippen molar-refractivity contribution in [2.75, 3.05) is 75.9 Å². The molecular weight excluding hydrogens is 470 g/mol. The Labute approximate surface area is 217 Å². The number of piperazine rings is 1. The van der Waals surface area contributed by atoms with Crippen LogP contribution in [0, 0.1) is 0 Å². The van der Waals surface area contributed by atoms with E-state index in [1.807, 2.05) is 53.4 Å². The maximum Gasteiger partial charge on any atom is 0.274 e. The molecule has 1 N–H and O–H groups in total. The van der Waals surface area contributed by atoms with Crippen molar-refractivity contribution in [3.05, 3.63) is 60.3 Å². The second-order valence-electron chi connectivity index (χ2n) is 9.29. The average Bonchev–Trinajstić information content (AvgIpc) is 2.95. The molecule has 2 aromatic carbocycles. The molecule has 0 saturated carbocycles. The van der Waals surface area contributed by atoms with Gasteiger partial charge in [-0.15, -0.1) is 0 Å². The van der Waals surface area contributed by atoms with Crippen LogP contribution in [0.25, 0.3) is 10.8 Å². The molecule has 0 bridgehead atoms. The number of nitrogens with one attached hydrogen (secondary N) is 1. The largest absolute Gasteiger partial charge is 0.492 e. The highest BCUT2D eigenvalue weighted by atomic mass is 16.5. The SMILES string of the molecule is CC(=O)N1CCN(c2cccc(C(=O)Nc3ccc(OCCN4CCOCC4)c4ccccc34)n2)CC1. The monoisotopic (exact) mass is 503 g/mol. The van der Waals surface area contributed by atoms with Crippen LogP contribution in [0.1, 0.15) is 17.4 Å². The number of anilines is 2. The molecule has 0 unspecified atom stereocenters. The first-order valence-corrected chi connectivity index (χ1v) is 12.8. The molecule has 0 radical (unpaired) electrons. The number of benzene rings is 2. The number of hydrogen-bond acceptors (Lipinski definition) is 7. The Morgan fingerprint density at radius 3 is 2.43 bits per heavy atom. The number of aromatic nitrogens is 1. The smallest absolute Gasteiger partial charge is 0.274 e. The summed E-state index contributed by atoms with van der Waals surface area (Å²) >= 11 is 0. The molecule has 2 amide bonds. The van der Waals surface area contributed by atoms with Crippen molar-refractivity contribution in [3.8, 4) is 5.75 Å². The molecule has 1 aromatic heterocycles. The Balaban J connectivity index is 1.26. The summed E-state index contributed by atoms with van der Waals surface area (Å²) in [5, 5.41) is 4.90. The number of nitrogens with zero attached hydrogens (tertiary/aromatic N) is 4. The summed E-state index contributed by atoms with van der Waals surface area (Å²) < 4.78 is 11.5. The molecule has 2 saturated heterocycles. The van der Waals surface area contributed by atoms with Crippen molar-refractivity contribution >= 4 is 34.1 Å². The van der Waals surface area contributed by atoms with Gasteiger partial charge in [-0.3, -0.25) is 14.5 Å². The van der Waals surface area contributed by atoms with E-state index in [0.29, 0.717) is 44.2 Å². The standard InChI is InChI=1S/C28H33N5O4/c1-21(34)32-11-13-33(14-12-32)27-8-4-7-25(29-27)28(35)30-24-9-10-26(23-6-3-2-5-22(23)24)37-20-17-31-15-18-36-19-16-31/h2-10H,11-20H2,1H3,(H,30,35). The topological polar surface area (TPSA) is 87.2 Å². The zero-order valence-corrected chi connectivity index (χ0v) is 21.2. The summed E-state index contributed by atoms with van der Waals surface area (Å²) in [5.41, 5.74) is 1.06. The maximum atomic E-state index is 13.2. The van der Waals surface area contributed by atoms with Gasteiger partial charge in [0, 0.05) is 69.2 Å². The summed E-state index contributed by atoms with van der Waals surface area (Å²) in [7, 11) is 0. The number of ether oxygens (including phenoxy) is 2. The summed E-state index contributed by atoms with van der Waals surface area (Å²) in [5.74, 6) is 1.35. The predicted molar refractivity (Wildman–Crippen MR) is 143 cm³/mol. The number of amides is 2. The highest BCUT2D eigenvalue weighted by Crippen LogP contribution is 2.32. The lowest BCUT2D eigenvalue weighted by Crippen LogP contribution is -2.48. The lowest BCUT2D eigenvalue weighted by atomic mass is 10.1. The summed E-state index contributed by atoms with van der Waals surface area (Å²) in [6.45, 7) is 9.11. The molecular formula is C28H33N5O4. The zero-order chi connectivity index (χ0) is 25.6. The second kappa shape index (κ2) is 11.6. The third-order valence-corrected chi connectivity index (χ3v) is 6.92. The van der Waals surface area contributed by atoms with Crippen LogP contribution in [0.15, 0.2) is 54.6 Å². The van der Waals surface area contributed by atoms with Gasteiger partial charge in [0.25, 0.3) is 5.91 Å². The Bertz CT molecular complexity index is 1250. The molecule has 9 nitrogen and oxygen atoms in total. The number of fused-ring (bicyclic) bond motifs is 1. The number of hydrogen-bond donors (Lipinski definition) is 1. The Kier molecular flexibility index (Phi) is 7.82. The van der Waals surface area contributed by atoms with E-state index in [1.54, 1.807) is 13.0 Å². The fourth-order valence-corrected chi connectivity index (χ4v) is 4.78. The first-order chi connectivity index (χ1) is 18.1. The maximum absolute atomic E-state index is 13.2. The Morgan fingerprint density at radius 1 is 0.919 bits per heavy atom. The molecule has 194 valence electrons. The van der Waals surface area contributed by atoms with E-state index in [2.05, 4.69) is 20.1 Å². The Hall–Kier alpha value is -3.69. The van der Waals surface area contributed by atoms with Crippen molar-refractivity contribution in [2.45, 2.75) is 6.92 Å². The number of morpholine rings is 1. The molecule has 5 rings (SSSR count). The first kappa shape index (κ1) is 25.0. The van der Waals surface area contributed by atoms with Gasteiger partial charge < -0.3 is 24.6 Å². The van der Waals surface area contributed by atoms with Crippen LogP contribution in [-0.4, -0.2) is 92.2 Å². The molecule has 2 aliphatic heterocycles. The summed E-state index contributed by atoms with van der Waals surface area (Å²) in [6, 6.07) is 17.2. The summed E-state index contributed by atoms with van der Waals surface area (Å²) in [4.78, 5) is 35.7. The van der Waals surface area contributed by atoms with Gasteiger partial charge in [0.2, 0.25) is 5.91 Å². The fraction of sp³-hybridized carbons (Fsp3) is 0.393. The van der Waals surface area contributed by atoms with E-state index in [1.165, 1.54) is 0 Å². The van der Waals surface area contributed by atoms with Gasteiger partial charge >= 0.3 is 0 Å². The van der Waals surface area contributed by atoms with Crippen molar-refractivity contribution in [3.63, 3.8) is 0 Å². The fourth-order valence-electron chi connectivity index (χ4n) is 4.78. The van der Waals surface area contributed by atoms with Gasteiger partial charge in [-0.05, 0) is 24.3 Å². The second-order valence-corrected chi connectivity index (χ2v) is 9.29. The van der Waals surface area contributed by atoms with Gasteiger partial charge in [0.05, 0.1) is 13.2 Å². The number of carbonyl (C=O) groups is 2. The molecule has 0 atom stereocenters. The highest BCUT2D eigenvalue weighted by molar-refractivity contribution is 6.09. The van der Waals surface area contributed by atoms with Gasteiger partial charge in [0.15, 0.2) is 0 Å². The van der Waals surface area contributed by atoms with Gasteiger partial charge in [-0.25, -0.2) is 4.98 Å². The average molecular weight is 504 g/mol. The van der Waals surface area contributed by atoms with Crippen molar-refractivity contribution in [1.82, 2.24) is 14.8 Å². The molecule has 37 heavy (non-hydrogen) atoms. The minimum absolute atomic E-state index is 0.0847. The normalized spacial score (nSPS) is 16.6. The lowest BCUT2D eigenvalue weighted by Gasteiger charge is -2.35. The predicted octanol–water partition coefficient (Wildman–Crippen LogP) is 2.87. The van der Waals surface area contributed by atoms with E-state index in [9.17, 15) is 9.59 Å². The van der Waals surface area contributed by atoms with E-state index in [0.717, 1.165) is 55.2 Å². The first-order valence-electron chi connectivity index (χ1n) is 12.8. The third-order valence-electron chi connectivity index (χ3n) is 6.92. The van der Waals surface area contributed by atoms with Crippen molar-refractivity contribution < 1.29 is 19.1 Å². The zero-order valence-electron chi connectivity index (χ0n) is 21.2. The van der Waals surface area contributed by atoms with Crippen LogP contribution in [0.2, 0.25) is 0 Å². The van der Waals surface area contributed by atoms with Crippen LogP contribution in [0.3, 0.4) is 0 Å². The van der Waals surface area contributed by atoms with E-state index >= 15 is 0 Å². The van der Waals surface area contributed by atoms with E-state index < -0.39 is 0 Å². The van der Waals surface area contributed by atoms with Crippen LogP contribution in [0.4, 0.5) is 11.5 Å². The van der Waals surface area contributed by atoms with Crippen molar-refractivity contribution in [1.29, 1.82) is 0 Å². The minimum atomic E-state index is -0.268. The van der Waals surface area contributed by atoms with Crippen LogP contribution in [0.5, 0.6) is 5.75 Å². The van der Waals surface area contributed by atoms with Crippen LogP contribution in [-0.2, 0) is 9.53 Å². The van der Waals surface area contributed by atoms with Crippen molar-refractivity contribution in [2.24, 2.45) is 0 Å². The molecule has 9 heteroatoms. The molecule has 0 spiro atoms.